The lowest BCUT2D eigenvalue weighted by Gasteiger charge is -2.10. The number of hydrogen-bond acceptors (Lipinski definition) is 3. The molecular weight excluding hydrogens is 308 g/mol. The molecule has 2 N–H and O–H groups in total. The molecular formula is C10H15BrN2O3S. The molecule has 0 atom stereocenters. The van der Waals surface area contributed by atoms with Crippen LogP contribution in [0, 0.1) is 6.92 Å². The molecule has 0 fully saturated rings. The van der Waals surface area contributed by atoms with Gasteiger partial charge in [0.15, 0.2) is 0 Å². The molecule has 1 aromatic rings. The fourth-order valence-corrected chi connectivity index (χ4v) is 2.78. The van der Waals surface area contributed by atoms with Gasteiger partial charge >= 0.3 is 0 Å². The van der Waals surface area contributed by atoms with E-state index in [1.807, 2.05) is 19.1 Å². The normalized spacial score (nSPS) is 11.5. The van der Waals surface area contributed by atoms with Crippen LogP contribution >= 0.6 is 15.9 Å². The van der Waals surface area contributed by atoms with E-state index in [1.165, 1.54) is 7.11 Å². The number of methoxy groups -OCH3 is 1. The fraction of sp³-hybridized carbons (Fsp3) is 0.400. The van der Waals surface area contributed by atoms with E-state index in [1.54, 1.807) is 6.07 Å². The van der Waals surface area contributed by atoms with Crippen molar-refractivity contribution in [3.63, 3.8) is 0 Å². The van der Waals surface area contributed by atoms with E-state index in [9.17, 15) is 8.42 Å². The van der Waals surface area contributed by atoms with Gasteiger partial charge in [-0.1, -0.05) is 6.07 Å². The Hall–Kier alpha value is -0.630. The Kier molecular flexibility index (Phi) is 5.38. The van der Waals surface area contributed by atoms with Crippen molar-refractivity contribution >= 4 is 31.8 Å². The highest BCUT2D eigenvalue weighted by Gasteiger charge is 2.10. The Morgan fingerprint density at radius 2 is 2.12 bits per heavy atom. The monoisotopic (exact) mass is 322 g/mol. The lowest BCUT2D eigenvalue weighted by molar-refractivity contribution is 0.204. The number of anilines is 1. The van der Waals surface area contributed by atoms with Gasteiger partial charge in [0.25, 0.3) is 10.2 Å². The maximum Gasteiger partial charge on any atom is 0.299 e. The fourth-order valence-electron chi connectivity index (χ4n) is 1.16. The molecule has 0 unspecified atom stereocenters. The summed E-state index contributed by atoms with van der Waals surface area (Å²) in [6.07, 6.45) is 0. The van der Waals surface area contributed by atoms with Gasteiger partial charge in [-0.3, -0.25) is 4.72 Å². The largest absolute Gasteiger partial charge is 0.383 e. The highest BCUT2D eigenvalue weighted by molar-refractivity contribution is 9.10. The van der Waals surface area contributed by atoms with Gasteiger partial charge in [-0.15, -0.1) is 0 Å². The quantitative estimate of drug-likeness (QED) is 0.782. The van der Waals surface area contributed by atoms with E-state index >= 15 is 0 Å². The minimum absolute atomic E-state index is 0.231. The van der Waals surface area contributed by atoms with E-state index in [0.717, 1.165) is 5.56 Å². The summed E-state index contributed by atoms with van der Waals surface area (Å²) in [5, 5.41) is 0. The number of hydrogen-bond donors (Lipinski definition) is 2. The molecule has 0 spiro atoms. The summed E-state index contributed by atoms with van der Waals surface area (Å²) in [7, 11) is -2.04. The summed E-state index contributed by atoms with van der Waals surface area (Å²) in [6.45, 7) is 2.49. The van der Waals surface area contributed by atoms with Crippen LogP contribution in [0.1, 0.15) is 5.56 Å². The topological polar surface area (TPSA) is 67.4 Å². The highest BCUT2D eigenvalue weighted by atomic mass is 79.9. The van der Waals surface area contributed by atoms with Gasteiger partial charge in [-0.25, -0.2) is 0 Å². The molecule has 0 amide bonds. The molecule has 0 bridgehead atoms. The zero-order valence-corrected chi connectivity index (χ0v) is 12.1. The van der Waals surface area contributed by atoms with E-state index in [-0.39, 0.29) is 6.54 Å². The van der Waals surface area contributed by atoms with Crippen LogP contribution in [0.15, 0.2) is 22.7 Å². The second-order valence-corrected chi connectivity index (χ2v) is 5.83. The Morgan fingerprint density at radius 1 is 1.41 bits per heavy atom. The number of nitrogens with one attached hydrogen (secondary N) is 2. The van der Waals surface area contributed by atoms with Gasteiger partial charge < -0.3 is 4.74 Å². The van der Waals surface area contributed by atoms with Crippen molar-refractivity contribution in [3.8, 4) is 0 Å². The van der Waals surface area contributed by atoms with Crippen LogP contribution in [-0.4, -0.2) is 28.7 Å². The molecule has 0 saturated carbocycles. The number of ether oxygens (including phenoxy) is 1. The minimum Gasteiger partial charge on any atom is -0.383 e. The maximum absolute atomic E-state index is 11.6. The third-order valence-corrected chi connectivity index (χ3v) is 3.70. The molecule has 0 aliphatic rings. The zero-order chi connectivity index (χ0) is 12.9. The maximum atomic E-state index is 11.6. The van der Waals surface area contributed by atoms with Crippen LogP contribution in [0.3, 0.4) is 0 Å². The molecule has 0 aliphatic heterocycles. The first-order valence-corrected chi connectivity index (χ1v) is 7.25. The van der Waals surface area contributed by atoms with Crippen molar-refractivity contribution in [2.45, 2.75) is 6.92 Å². The molecule has 96 valence electrons. The van der Waals surface area contributed by atoms with Crippen LogP contribution < -0.4 is 9.44 Å². The average molecular weight is 323 g/mol. The van der Waals surface area contributed by atoms with E-state index < -0.39 is 10.2 Å². The first-order chi connectivity index (χ1) is 7.94. The summed E-state index contributed by atoms with van der Waals surface area (Å²) < 4.78 is 33.5. The highest BCUT2D eigenvalue weighted by Crippen LogP contribution is 2.23. The predicted octanol–water partition coefficient (Wildman–Crippen LogP) is 1.65. The lowest BCUT2D eigenvalue weighted by atomic mass is 10.2. The van der Waals surface area contributed by atoms with Crippen molar-refractivity contribution in [3.05, 3.63) is 28.2 Å². The Balaban J connectivity index is 2.69. The number of halogens is 1. The second-order valence-electron chi connectivity index (χ2n) is 3.48. The zero-order valence-electron chi connectivity index (χ0n) is 9.66. The predicted molar refractivity (Wildman–Crippen MR) is 71.3 cm³/mol. The Labute approximate surface area is 110 Å². The molecule has 7 heteroatoms. The first kappa shape index (κ1) is 14.4. The van der Waals surface area contributed by atoms with Crippen LogP contribution in [0.25, 0.3) is 0 Å². The standard InChI is InChI=1S/C10H15BrN2O3S/c1-8-3-4-10(9(11)7-8)13-17(14,15)12-5-6-16-2/h3-4,7,12-13H,5-6H2,1-2H3. The van der Waals surface area contributed by atoms with Crippen LogP contribution in [0.2, 0.25) is 0 Å². The van der Waals surface area contributed by atoms with Crippen LogP contribution in [-0.2, 0) is 14.9 Å². The van der Waals surface area contributed by atoms with Gasteiger partial charge in [0.1, 0.15) is 0 Å². The van der Waals surface area contributed by atoms with E-state index in [2.05, 4.69) is 25.4 Å². The molecule has 0 heterocycles. The van der Waals surface area contributed by atoms with Crippen molar-refractivity contribution < 1.29 is 13.2 Å². The first-order valence-electron chi connectivity index (χ1n) is 4.97. The molecule has 0 aliphatic carbocycles. The van der Waals surface area contributed by atoms with E-state index in [4.69, 9.17) is 4.74 Å². The summed E-state index contributed by atoms with van der Waals surface area (Å²) in [5.41, 5.74) is 1.55. The van der Waals surface area contributed by atoms with Gasteiger partial charge in [-0.05, 0) is 40.5 Å². The van der Waals surface area contributed by atoms with Crippen LogP contribution in [0.4, 0.5) is 5.69 Å². The van der Waals surface area contributed by atoms with Crippen molar-refractivity contribution in [1.82, 2.24) is 4.72 Å². The van der Waals surface area contributed by atoms with E-state index in [0.29, 0.717) is 16.8 Å². The molecule has 17 heavy (non-hydrogen) atoms. The second kappa shape index (κ2) is 6.34. The summed E-state index contributed by atoms with van der Waals surface area (Å²) in [5.74, 6) is 0. The SMILES string of the molecule is COCCNS(=O)(=O)Nc1ccc(C)cc1Br. The Bertz CT molecular complexity index is 476. The summed E-state index contributed by atoms with van der Waals surface area (Å²) in [4.78, 5) is 0. The van der Waals surface area contributed by atoms with Crippen molar-refractivity contribution in [2.75, 3.05) is 25.0 Å². The lowest BCUT2D eigenvalue weighted by Crippen LogP contribution is -2.32. The number of benzene rings is 1. The van der Waals surface area contributed by atoms with Gasteiger partial charge in [0, 0.05) is 18.1 Å². The Morgan fingerprint density at radius 3 is 2.71 bits per heavy atom. The average Bonchev–Trinajstić information content (AvgIpc) is 2.22. The van der Waals surface area contributed by atoms with Crippen LogP contribution in [0.5, 0.6) is 0 Å². The molecule has 5 nitrogen and oxygen atoms in total. The van der Waals surface area contributed by atoms with Gasteiger partial charge in [0.05, 0.1) is 12.3 Å². The molecule has 0 saturated heterocycles. The van der Waals surface area contributed by atoms with Crippen molar-refractivity contribution in [2.24, 2.45) is 0 Å². The third kappa shape index (κ3) is 5.03. The molecule has 1 aromatic carbocycles. The van der Waals surface area contributed by atoms with Crippen molar-refractivity contribution in [1.29, 1.82) is 0 Å². The van der Waals surface area contributed by atoms with Gasteiger partial charge in [0.2, 0.25) is 0 Å². The summed E-state index contributed by atoms with van der Waals surface area (Å²) >= 11 is 3.30. The third-order valence-electron chi connectivity index (χ3n) is 1.97. The number of rotatable bonds is 6. The molecule has 0 aromatic heterocycles. The minimum atomic E-state index is -3.55. The number of aryl methyl sites for hydroxylation is 1. The molecule has 0 radical (unpaired) electrons. The van der Waals surface area contributed by atoms with Gasteiger partial charge in [-0.2, -0.15) is 13.1 Å². The summed E-state index contributed by atoms with van der Waals surface area (Å²) in [6, 6.07) is 5.37. The smallest absolute Gasteiger partial charge is 0.299 e. The molecule has 1 rings (SSSR count).